The number of rotatable bonds is 5. The highest BCUT2D eigenvalue weighted by Crippen LogP contribution is 2.18. The number of fused-ring (bicyclic) bond motifs is 1. The predicted octanol–water partition coefficient (Wildman–Crippen LogP) is -0.786. The highest BCUT2D eigenvalue weighted by atomic mass is 16.2. The molecule has 2 aliphatic rings. The zero-order valence-electron chi connectivity index (χ0n) is 15.0. The first-order valence-corrected chi connectivity index (χ1v) is 9.22. The molecule has 2 aromatic rings. The summed E-state index contributed by atoms with van der Waals surface area (Å²) in [6.45, 7) is 2.59. The molecule has 142 valence electrons. The number of hydrogen-bond acceptors (Lipinski definition) is 6. The van der Waals surface area contributed by atoms with Gasteiger partial charge in [0.25, 0.3) is 5.56 Å². The number of piperazine rings is 1. The molecule has 2 amide bonds. The highest BCUT2D eigenvalue weighted by molar-refractivity contribution is 5.79. The second kappa shape index (κ2) is 7.43. The molecule has 1 saturated carbocycles. The lowest BCUT2D eigenvalue weighted by atomic mass is 10.2. The monoisotopic (exact) mass is 370 g/mol. The number of carbonyl (C=O) groups is 2. The molecule has 2 heterocycles. The number of aromatic nitrogens is 3. The smallest absolute Gasteiger partial charge is 0.278 e. The Balaban J connectivity index is 1.32. The molecule has 0 atom stereocenters. The molecule has 9 nitrogen and oxygen atoms in total. The molecule has 27 heavy (non-hydrogen) atoms. The summed E-state index contributed by atoms with van der Waals surface area (Å²) in [5.41, 5.74) is 0.202. The summed E-state index contributed by atoms with van der Waals surface area (Å²) in [5.74, 6) is -0.112. The molecule has 1 aromatic carbocycles. The molecular formula is C18H22N6O3. The van der Waals surface area contributed by atoms with E-state index in [0.717, 1.165) is 17.5 Å². The van der Waals surface area contributed by atoms with Crippen LogP contribution in [0.3, 0.4) is 0 Å². The zero-order chi connectivity index (χ0) is 18.8. The minimum absolute atomic E-state index is 0.0512. The summed E-state index contributed by atoms with van der Waals surface area (Å²) in [7, 11) is 0. The fourth-order valence-corrected chi connectivity index (χ4v) is 3.21. The van der Waals surface area contributed by atoms with Gasteiger partial charge in [0.15, 0.2) is 0 Å². The van der Waals surface area contributed by atoms with E-state index in [0.29, 0.717) is 49.7 Å². The molecule has 2 fully saturated rings. The fourth-order valence-electron chi connectivity index (χ4n) is 3.21. The van der Waals surface area contributed by atoms with Crippen molar-refractivity contribution >= 4 is 22.7 Å². The van der Waals surface area contributed by atoms with E-state index < -0.39 is 0 Å². The van der Waals surface area contributed by atoms with Crippen molar-refractivity contribution in [2.45, 2.75) is 25.4 Å². The van der Waals surface area contributed by atoms with Crippen molar-refractivity contribution in [3.05, 3.63) is 34.6 Å². The third-order valence-electron chi connectivity index (χ3n) is 4.95. The molecule has 0 unspecified atom stereocenters. The van der Waals surface area contributed by atoms with Gasteiger partial charge in [-0.3, -0.25) is 19.3 Å². The van der Waals surface area contributed by atoms with E-state index in [4.69, 9.17) is 0 Å². The van der Waals surface area contributed by atoms with Crippen LogP contribution in [0.4, 0.5) is 0 Å². The molecule has 1 aliphatic carbocycles. The highest BCUT2D eigenvalue weighted by Gasteiger charge is 2.26. The van der Waals surface area contributed by atoms with Crippen molar-refractivity contribution in [2.75, 3.05) is 32.7 Å². The van der Waals surface area contributed by atoms with Gasteiger partial charge in [-0.15, -0.1) is 5.10 Å². The van der Waals surface area contributed by atoms with Gasteiger partial charge in [0.1, 0.15) is 12.1 Å². The van der Waals surface area contributed by atoms with Crippen LogP contribution >= 0.6 is 0 Å². The Labute approximate surface area is 155 Å². The first kappa shape index (κ1) is 17.6. The molecule has 0 radical (unpaired) electrons. The Kier molecular flexibility index (Phi) is 4.85. The topological polar surface area (TPSA) is 100 Å². The summed E-state index contributed by atoms with van der Waals surface area (Å²) in [6, 6.07) is 7.31. The van der Waals surface area contributed by atoms with Crippen LogP contribution in [0.1, 0.15) is 12.8 Å². The predicted molar refractivity (Wildman–Crippen MR) is 98.0 cm³/mol. The van der Waals surface area contributed by atoms with Crippen LogP contribution in [-0.2, 0) is 16.1 Å². The Morgan fingerprint density at radius 3 is 2.56 bits per heavy atom. The third-order valence-corrected chi connectivity index (χ3v) is 4.95. The van der Waals surface area contributed by atoms with Gasteiger partial charge >= 0.3 is 0 Å². The van der Waals surface area contributed by atoms with Crippen molar-refractivity contribution in [3.63, 3.8) is 0 Å². The van der Waals surface area contributed by atoms with E-state index >= 15 is 0 Å². The van der Waals surface area contributed by atoms with E-state index in [-0.39, 0.29) is 23.9 Å². The first-order valence-electron chi connectivity index (χ1n) is 9.22. The molecule has 0 bridgehead atoms. The van der Waals surface area contributed by atoms with Crippen molar-refractivity contribution in [1.82, 2.24) is 30.1 Å². The lowest BCUT2D eigenvalue weighted by Crippen LogP contribution is -2.52. The minimum atomic E-state index is -0.315. The van der Waals surface area contributed by atoms with E-state index in [1.54, 1.807) is 29.2 Å². The van der Waals surface area contributed by atoms with Gasteiger partial charge in [-0.1, -0.05) is 17.3 Å². The summed E-state index contributed by atoms with van der Waals surface area (Å²) in [5, 5.41) is 11.3. The largest absolute Gasteiger partial charge is 0.352 e. The van der Waals surface area contributed by atoms with Gasteiger partial charge in [-0.2, -0.15) is 0 Å². The molecule has 0 spiro atoms. The lowest BCUT2D eigenvalue weighted by molar-refractivity contribution is -0.134. The SMILES string of the molecule is O=C(CN1CCN(C(=O)Cn2nnc3ccccc3c2=O)CC1)NC1CC1. The van der Waals surface area contributed by atoms with E-state index in [9.17, 15) is 14.4 Å². The third kappa shape index (κ3) is 4.13. The molecule has 1 aliphatic heterocycles. The van der Waals surface area contributed by atoms with Gasteiger partial charge in [0.05, 0.1) is 11.9 Å². The van der Waals surface area contributed by atoms with Gasteiger partial charge in [-0.05, 0) is 25.0 Å². The van der Waals surface area contributed by atoms with Crippen LogP contribution in [0.15, 0.2) is 29.1 Å². The van der Waals surface area contributed by atoms with Crippen molar-refractivity contribution < 1.29 is 9.59 Å². The molecule has 4 rings (SSSR count). The maximum Gasteiger partial charge on any atom is 0.278 e. The second-order valence-electron chi connectivity index (χ2n) is 7.07. The maximum atomic E-state index is 12.5. The number of hydrogen-bond donors (Lipinski definition) is 1. The summed E-state index contributed by atoms with van der Waals surface area (Å²) >= 11 is 0. The normalized spacial score (nSPS) is 17.9. The zero-order valence-corrected chi connectivity index (χ0v) is 15.0. The van der Waals surface area contributed by atoms with E-state index in [1.165, 1.54) is 0 Å². The van der Waals surface area contributed by atoms with Gasteiger partial charge in [0.2, 0.25) is 11.8 Å². The van der Waals surface area contributed by atoms with Crippen molar-refractivity contribution in [3.8, 4) is 0 Å². The van der Waals surface area contributed by atoms with Crippen molar-refractivity contribution in [2.24, 2.45) is 0 Å². The lowest BCUT2D eigenvalue weighted by Gasteiger charge is -2.34. The number of carbonyl (C=O) groups excluding carboxylic acids is 2. The molecule has 1 aromatic heterocycles. The van der Waals surface area contributed by atoms with Gasteiger partial charge in [0, 0.05) is 32.2 Å². The van der Waals surface area contributed by atoms with Crippen LogP contribution in [0.5, 0.6) is 0 Å². The maximum absolute atomic E-state index is 12.5. The van der Waals surface area contributed by atoms with Crippen LogP contribution in [0.2, 0.25) is 0 Å². The van der Waals surface area contributed by atoms with Crippen molar-refractivity contribution in [1.29, 1.82) is 0 Å². The second-order valence-corrected chi connectivity index (χ2v) is 7.07. The average molecular weight is 370 g/mol. The summed E-state index contributed by atoms with van der Waals surface area (Å²) < 4.78 is 1.11. The minimum Gasteiger partial charge on any atom is -0.352 e. The molecule has 1 N–H and O–H groups in total. The number of nitrogens with zero attached hydrogens (tertiary/aromatic N) is 5. The van der Waals surface area contributed by atoms with Crippen LogP contribution < -0.4 is 10.9 Å². The Morgan fingerprint density at radius 1 is 1.07 bits per heavy atom. The molecule has 1 saturated heterocycles. The quantitative estimate of drug-likeness (QED) is 0.741. The van der Waals surface area contributed by atoms with Crippen LogP contribution in [0.25, 0.3) is 10.9 Å². The Hall–Kier alpha value is -2.81. The van der Waals surface area contributed by atoms with Gasteiger partial charge in [-0.25, -0.2) is 4.68 Å². The fraction of sp³-hybridized carbons (Fsp3) is 0.500. The number of benzene rings is 1. The van der Waals surface area contributed by atoms with E-state index in [1.807, 2.05) is 4.90 Å². The average Bonchev–Trinajstić information content (AvgIpc) is 3.48. The van der Waals surface area contributed by atoms with E-state index in [2.05, 4.69) is 15.6 Å². The molecular weight excluding hydrogens is 348 g/mol. The van der Waals surface area contributed by atoms with Gasteiger partial charge < -0.3 is 10.2 Å². The number of amides is 2. The Morgan fingerprint density at radius 2 is 1.81 bits per heavy atom. The standard InChI is InChI=1S/C18H22N6O3/c25-16(19-13-5-6-13)11-22-7-9-23(10-8-22)17(26)12-24-18(27)14-3-1-2-4-15(14)20-21-24/h1-4,13H,5-12H2,(H,19,25). The first-order chi connectivity index (χ1) is 13.1. The molecule has 9 heteroatoms. The van der Waals surface area contributed by atoms with Crippen LogP contribution in [0, 0.1) is 0 Å². The Bertz CT molecular complexity index is 915. The van der Waals surface area contributed by atoms with Crippen LogP contribution in [-0.4, -0.2) is 75.4 Å². The summed E-state index contributed by atoms with van der Waals surface area (Å²) in [6.07, 6.45) is 2.15. The number of nitrogens with one attached hydrogen (secondary N) is 1. The summed E-state index contributed by atoms with van der Waals surface area (Å²) in [4.78, 5) is 40.6.